The molecule has 2 rings (SSSR count). The molecule has 2 atom stereocenters. The Balaban J connectivity index is 2.25. The first-order valence-electron chi connectivity index (χ1n) is 7.34. The first-order chi connectivity index (χ1) is 9.43. The van der Waals surface area contributed by atoms with Crippen molar-refractivity contribution >= 4 is 11.3 Å². The van der Waals surface area contributed by atoms with E-state index in [1.807, 2.05) is 11.3 Å². The largest absolute Gasteiger partial charge is 0.323 e. The zero-order valence-corrected chi connectivity index (χ0v) is 13.7. The van der Waals surface area contributed by atoms with Crippen LogP contribution < -0.4 is 5.73 Å². The summed E-state index contributed by atoms with van der Waals surface area (Å²) in [5.74, 6) is 0.391. The van der Waals surface area contributed by atoms with Gasteiger partial charge in [0.2, 0.25) is 0 Å². The molecule has 0 spiro atoms. The molecular formula is C18H25NS. The topological polar surface area (TPSA) is 26.0 Å². The molecule has 0 aliphatic heterocycles. The average molecular weight is 287 g/mol. The van der Waals surface area contributed by atoms with Gasteiger partial charge in [0.05, 0.1) is 0 Å². The minimum absolute atomic E-state index is 0.0866. The predicted molar refractivity (Wildman–Crippen MR) is 89.4 cm³/mol. The second-order valence-corrected chi connectivity index (χ2v) is 7.52. The smallest absolute Gasteiger partial charge is 0.0459 e. The monoisotopic (exact) mass is 287 g/mol. The second kappa shape index (κ2) is 6.11. The predicted octanol–water partition coefficient (Wildman–Crippen LogP) is 5.24. The van der Waals surface area contributed by atoms with Gasteiger partial charge in [0.1, 0.15) is 0 Å². The van der Waals surface area contributed by atoms with E-state index in [0.29, 0.717) is 5.92 Å². The maximum atomic E-state index is 6.55. The van der Waals surface area contributed by atoms with E-state index in [2.05, 4.69) is 70.2 Å². The zero-order valence-electron chi connectivity index (χ0n) is 12.9. The Morgan fingerprint density at radius 1 is 1.05 bits per heavy atom. The van der Waals surface area contributed by atoms with Crippen LogP contribution in [0.4, 0.5) is 0 Å². The number of rotatable bonds is 4. The number of benzene rings is 1. The van der Waals surface area contributed by atoms with Crippen LogP contribution in [-0.4, -0.2) is 0 Å². The van der Waals surface area contributed by atoms with Crippen LogP contribution in [0, 0.1) is 0 Å². The standard InChI is InChI=1S/C18H25NS/c1-5-14(13-9-7-6-8-10-13)17(19)15-11-12-16(20-15)18(2,3)4/h6-12,14,17H,5,19H2,1-4H3. The summed E-state index contributed by atoms with van der Waals surface area (Å²) in [5.41, 5.74) is 8.10. The summed E-state index contributed by atoms with van der Waals surface area (Å²) < 4.78 is 0. The third-order valence-electron chi connectivity index (χ3n) is 3.80. The van der Waals surface area contributed by atoms with Crippen LogP contribution >= 0.6 is 11.3 Å². The fourth-order valence-electron chi connectivity index (χ4n) is 2.53. The fraction of sp³-hybridized carbons (Fsp3) is 0.444. The summed E-state index contributed by atoms with van der Waals surface area (Å²) in [6, 6.07) is 15.2. The number of hydrogen-bond donors (Lipinski definition) is 1. The van der Waals surface area contributed by atoms with Crippen LogP contribution in [0.1, 0.15) is 61.4 Å². The minimum atomic E-state index is 0.0866. The van der Waals surface area contributed by atoms with Gasteiger partial charge in [0.25, 0.3) is 0 Å². The molecule has 2 aromatic rings. The van der Waals surface area contributed by atoms with Crippen LogP contribution in [0.15, 0.2) is 42.5 Å². The van der Waals surface area contributed by atoms with Crippen molar-refractivity contribution in [3.8, 4) is 0 Å². The van der Waals surface area contributed by atoms with Gasteiger partial charge in [-0.15, -0.1) is 11.3 Å². The quantitative estimate of drug-likeness (QED) is 0.817. The van der Waals surface area contributed by atoms with E-state index < -0.39 is 0 Å². The van der Waals surface area contributed by atoms with Gasteiger partial charge < -0.3 is 5.73 Å². The molecule has 0 amide bonds. The summed E-state index contributed by atoms with van der Waals surface area (Å²) in [7, 11) is 0. The molecule has 2 unspecified atom stereocenters. The first-order valence-corrected chi connectivity index (χ1v) is 8.16. The van der Waals surface area contributed by atoms with Gasteiger partial charge in [-0.05, 0) is 29.5 Å². The molecule has 2 N–H and O–H groups in total. The Labute approximate surface area is 126 Å². The molecule has 20 heavy (non-hydrogen) atoms. The molecule has 108 valence electrons. The van der Waals surface area contributed by atoms with Crippen LogP contribution in [0.3, 0.4) is 0 Å². The lowest BCUT2D eigenvalue weighted by molar-refractivity contribution is 0.546. The maximum absolute atomic E-state index is 6.55. The van der Waals surface area contributed by atoms with Crippen LogP contribution in [0.5, 0.6) is 0 Å². The lowest BCUT2D eigenvalue weighted by Crippen LogP contribution is -2.18. The van der Waals surface area contributed by atoms with Gasteiger partial charge in [-0.25, -0.2) is 0 Å². The molecule has 0 bridgehead atoms. The van der Waals surface area contributed by atoms with E-state index in [1.54, 1.807) is 0 Å². The molecule has 2 heteroatoms. The molecule has 0 saturated heterocycles. The fourth-order valence-corrected chi connectivity index (χ4v) is 3.66. The third kappa shape index (κ3) is 3.31. The van der Waals surface area contributed by atoms with Crippen molar-refractivity contribution < 1.29 is 0 Å². The van der Waals surface area contributed by atoms with Crippen molar-refractivity contribution in [3.05, 3.63) is 57.8 Å². The van der Waals surface area contributed by atoms with Gasteiger partial charge >= 0.3 is 0 Å². The van der Waals surface area contributed by atoms with Crippen LogP contribution in [0.2, 0.25) is 0 Å². The molecule has 0 aliphatic rings. The van der Waals surface area contributed by atoms with Gasteiger partial charge in [-0.2, -0.15) is 0 Å². The van der Waals surface area contributed by atoms with Crippen molar-refractivity contribution in [1.29, 1.82) is 0 Å². The van der Waals surface area contributed by atoms with Gasteiger partial charge in [0, 0.05) is 21.7 Å². The summed E-state index contributed by atoms with van der Waals surface area (Å²) in [6.45, 7) is 8.98. The molecule has 1 aromatic heterocycles. The molecule has 1 heterocycles. The van der Waals surface area contributed by atoms with E-state index in [4.69, 9.17) is 5.73 Å². The number of thiophene rings is 1. The highest BCUT2D eigenvalue weighted by Crippen LogP contribution is 2.38. The number of hydrogen-bond acceptors (Lipinski definition) is 2. The van der Waals surface area contributed by atoms with Crippen LogP contribution in [0.25, 0.3) is 0 Å². The Hall–Kier alpha value is -1.12. The van der Waals surface area contributed by atoms with Gasteiger partial charge in [-0.1, -0.05) is 58.0 Å². The molecule has 1 aromatic carbocycles. The van der Waals surface area contributed by atoms with E-state index in [0.717, 1.165) is 6.42 Å². The Morgan fingerprint density at radius 3 is 2.20 bits per heavy atom. The van der Waals surface area contributed by atoms with Crippen LogP contribution in [-0.2, 0) is 5.41 Å². The highest BCUT2D eigenvalue weighted by atomic mass is 32.1. The van der Waals surface area contributed by atoms with Crippen molar-refractivity contribution in [2.24, 2.45) is 5.73 Å². The molecule has 0 fully saturated rings. The number of nitrogens with two attached hydrogens (primary N) is 1. The molecular weight excluding hydrogens is 262 g/mol. The zero-order chi connectivity index (χ0) is 14.8. The van der Waals surface area contributed by atoms with E-state index in [9.17, 15) is 0 Å². The third-order valence-corrected chi connectivity index (χ3v) is 5.41. The minimum Gasteiger partial charge on any atom is -0.323 e. The molecule has 0 saturated carbocycles. The first kappa shape index (κ1) is 15.3. The van der Waals surface area contributed by atoms with Crippen molar-refractivity contribution in [2.75, 3.05) is 0 Å². The summed E-state index contributed by atoms with van der Waals surface area (Å²) in [6.07, 6.45) is 1.06. The normalized spacial score (nSPS) is 15.1. The lowest BCUT2D eigenvalue weighted by Gasteiger charge is -2.22. The van der Waals surface area contributed by atoms with Gasteiger partial charge in [-0.3, -0.25) is 0 Å². The highest BCUT2D eigenvalue weighted by Gasteiger charge is 2.23. The SMILES string of the molecule is CCC(c1ccccc1)C(N)c1ccc(C(C)(C)C)s1. The van der Waals surface area contributed by atoms with Crippen molar-refractivity contribution in [3.63, 3.8) is 0 Å². The summed E-state index contributed by atoms with van der Waals surface area (Å²) >= 11 is 1.86. The summed E-state index contributed by atoms with van der Waals surface area (Å²) in [4.78, 5) is 2.71. The van der Waals surface area contributed by atoms with Crippen molar-refractivity contribution in [2.45, 2.75) is 51.5 Å². The van der Waals surface area contributed by atoms with E-state index in [-0.39, 0.29) is 11.5 Å². The Kier molecular flexibility index (Phi) is 4.66. The lowest BCUT2D eigenvalue weighted by atomic mass is 9.89. The molecule has 0 aliphatic carbocycles. The second-order valence-electron chi connectivity index (χ2n) is 6.40. The maximum Gasteiger partial charge on any atom is 0.0459 e. The van der Waals surface area contributed by atoms with Crippen molar-refractivity contribution in [1.82, 2.24) is 0 Å². The Morgan fingerprint density at radius 2 is 1.70 bits per heavy atom. The van der Waals surface area contributed by atoms with E-state index >= 15 is 0 Å². The van der Waals surface area contributed by atoms with E-state index in [1.165, 1.54) is 15.3 Å². The average Bonchev–Trinajstić information content (AvgIpc) is 2.90. The molecule has 0 radical (unpaired) electrons. The summed E-state index contributed by atoms with van der Waals surface area (Å²) in [5, 5.41) is 0. The molecule has 1 nitrogen and oxygen atoms in total. The van der Waals surface area contributed by atoms with Gasteiger partial charge in [0.15, 0.2) is 0 Å². The highest BCUT2D eigenvalue weighted by molar-refractivity contribution is 7.12. The Bertz CT molecular complexity index is 536.